The molecule has 0 bridgehead atoms. The van der Waals surface area contributed by atoms with E-state index in [0.29, 0.717) is 11.1 Å². The van der Waals surface area contributed by atoms with Gasteiger partial charge in [-0.15, -0.1) is 0 Å². The Morgan fingerprint density at radius 1 is 0.632 bits per heavy atom. The Balaban J connectivity index is 2.83. The van der Waals surface area contributed by atoms with E-state index in [0.717, 1.165) is 0 Å². The lowest BCUT2D eigenvalue weighted by Crippen LogP contribution is -1.87. The van der Waals surface area contributed by atoms with Crippen molar-refractivity contribution in [1.29, 1.82) is 0 Å². The topological polar surface area (TPSA) is 20.2 Å². The zero-order valence-electron chi connectivity index (χ0n) is 8.95. The van der Waals surface area contributed by atoms with Gasteiger partial charge < -0.3 is 5.11 Å². The number of phenolic OH excluding ortho intramolecular Hbond substituents is 1. The van der Waals surface area contributed by atoms with Crippen molar-refractivity contribution >= 4 is 69.6 Å². The number of rotatable bonds is 1. The molecular formula is C12H4Cl6O. The third-order valence-electron chi connectivity index (χ3n) is 2.42. The van der Waals surface area contributed by atoms with E-state index in [9.17, 15) is 5.11 Å². The van der Waals surface area contributed by atoms with Crippen molar-refractivity contribution in [3.8, 4) is 16.9 Å². The molecule has 0 unspecified atom stereocenters. The van der Waals surface area contributed by atoms with E-state index in [-0.39, 0.29) is 35.9 Å². The Morgan fingerprint density at radius 2 is 1.16 bits per heavy atom. The summed E-state index contributed by atoms with van der Waals surface area (Å²) in [5.41, 5.74) is 0.802. The van der Waals surface area contributed by atoms with Gasteiger partial charge >= 0.3 is 0 Å². The highest BCUT2D eigenvalue weighted by molar-refractivity contribution is 6.50. The molecule has 0 aromatic heterocycles. The Labute approximate surface area is 139 Å². The van der Waals surface area contributed by atoms with Crippen LogP contribution in [-0.4, -0.2) is 5.11 Å². The Hall–Kier alpha value is -0.0200. The second-order valence-electron chi connectivity index (χ2n) is 3.63. The van der Waals surface area contributed by atoms with Gasteiger partial charge in [0.15, 0.2) is 0 Å². The molecule has 2 aromatic carbocycles. The molecule has 1 nitrogen and oxygen atoms in total. The van der Waals surface area contributed by atoms with E-state index < -0.39 is 0 Å². The molecule has 0 heterocycles. The van der Waals surface area contributed by atoms with Gasteiger partial charge in [-0.25, -0.2) is 0 Å². The van der Waals surface area contributed by atoms with Crippen molar-refractivity contribution in [3.63, 3.8) is 0 Å². The minimum atomic E-state index is -0.143. The van der Waals surface area contributed by atoms with Gasteiger partial charge in [-0.3, -0.25) is 0 Å². The molecule has 0 aliphatic carbocycles. The minimum absolute atomic E-state index is 0.114. The smallest absolute Gasteiger partial charge is 0.135 e. The van der Waals surface area contributed by atoms with Crippen LogP contribution in [0.3, 0.4) is 0 Å². The number of phenols is 1. The predicted octanol–water partition coefficient (Wildman–Crippen LogP) is 6.98. The lowest BCUT2D eigenvalue weighted by Gasteiger charge is -2.13. The third kappa shape index (κ3) is 2.87. The van der Waals surface area contributed by atoms with E-state index in [4.69, 9.17) is 69.6 Å². The molecule has 0 fully saturated rings. The molecule has 0 saturated heterocycles. The van der Waals surface area contributed by atoms with Crippen LogP contribution in [-0.2, 0) is 0 Å². The van der Waals surface area contributed by atoms with E-state index in [1.807, 2.05) is 0 Å². The first-order valence-electron chi connectivity index (χ1n) is 4.84. The second-order valence-corrected chi connectivity index (χ2v) is 6.01. The highest BCUT2D eigenvalue weighted by Crippen LogP contribution is 2.47. The molecule has 0 aliphatic heterocycles. The highest BCUT2D eigenvalue weighted by Gasteiger charge is 2.19. The first-order valence-corrected chi connectivity index (χ1v) is 7.11. The number of aromatic hydroxyl groups is 1. The van der Waals surface area contributed by atoms with Gasteiger partial charge in [-0.05, 0) is 12.1 Å². The first-order chi connectivity index (χ1) is 8.82. The van der Waals surface area contributed by atoms with Crippen molar-refractivity contribution < 1.29 is 5.11 Å². The van der Waals surface area contributed by atoms with E-state index >= 15 is 0 Å². The molecule has 2 aromatic rings. The lowest BCUT2D eigenvalue weighted by atomic mass is 10.1. The Kier molecular flexibility index (Phi) is 4.67. The zero-order chi connectivity index (χ0) is 14.3. The maximum Gasteiger partial charge on any atom is 0.135 e. The minimum Gasteiger partial charge on any atom is -0.506 e. The molecule has 0 atom stereocenters. The summed E-state index contributed by atoms with van der Waals surface area (Å²) < 4.78 is 0. The average molecular weight is 377 g/mol. The molecule has 1 N–H and O–H groups in total. The predicted molar refractivity (Wildman–Crippen MR) is 83.6 cm³/mol. The molecule has 0 amide bonds. The highest BCUT2D eigenvalue weighted by atomic mass is 35.5. The van der Waals surface area contributed by atoms with Crippen LogP contribution in [0.25, 0.3) is 11.1 Å². The fourth-order valence-electron chi connectivity index (χ4n) is 1.54. The van der Waals surface area contributed by atoms with Crippen LogP contribution >= 0.6 is 69.6 Å². The third-order valence-corrected chi connectivity index (χ3v) is 4.61. The van der Waals surface area contributed by atoms with Crippen LogP contribution in [0.4, 0.5) is 0 Å². The number of hydrogen-bond acceptors (Lipinski definition) is 1. The van der Waals surface area contributed by atoms with Gasteiger partial charge in [0, 0.05) is 17.2 Å². The van der Waals surface area contributed by atoms with Gasteiger partial charge in [0.1, 0.15) is 5.75 Å². The van der Waals surface area contributed by atoms with Crippen LogP contribution < -0.4 is 0 Å². The Morgan fingerprint density at radius 3 is 1.68 bits per heavy atom. The zero-order valence-corrected chi connectivity index (χ0v) is 13.5. The van der Waals surface area contributed by atoms with Gasteiger partial charge in [0.05, 0.1) is 30.1 Å². The van der Waals surface area contributed by atoms with Crippen LogP contribution in [0.1, 0.15) is 0 Å². The Bertz CT molecular complexity index is 642. The lowest BCUT2D eigenvalue weighted by molar-refractivity contribution is 0.475. The largest absolute Gasteiger partial charge is 0.506 e. The van der Waals surface area contributed by atoms with Crippen molar-refractivity contribution in [1.82, 2.24) is 0 Å². The summed E-state index contributed by atoms with van der Waals surface area (Å²) in [6.45, 7) is 0. The fraction of sp³-hybridized carbons (Fsp3) is 0. The summed E-state index contributed by atoms with van der Waals surface area (Å²) in [7, 11) is 0. The number of halogens is 6. The van der Waals surface area contributed by atoms with Crippen molar-refractivity contribution in [2.45, 2.75) is 0 Å². The van der Waals surface area contributed by atoms with E-state index in [1.54, 1.807) is 0 Å². The number of benzene rings is 2. The summed E-state index contributed by atoms with van der Waals surface area (Å²) in [5.74, 6) is -0.143. The van der Waals surface area contributed by atoms with Crippen LogP contribution in [0.15, 0.2) is 18.2 Å². The second kappa shape index (κ2) is 5.77. The normalized spacial score (nSPS) is 10.8. The maximum atomic E-state index is 9.48. The monoisotopic (exact) mass is 374 g/mol. The van der Waals surface area contributed by atoms with E-state index in [1.165, 1.54) is 18.2 Å². The molecule has 0 spiro atoms. The summed E-state index contributed by atoms with van der Waals surface area (Å²) in [4.78, 5) is 0. The van der Waals surface area contributed by atoms with Crippen LogP contribution in [0.5, 0.6) is 5.75 Å². The van der Waals surface area contributed by atoms with Crippen LogP contribution in [0.2, 0.25) is 30.1 Å². The quantitative estimate of drug-likeness (QED) is 0.532. The fourth-order valence-corrected chi connectivity index (χ4v) is 2.97. The summed E-state index contributed by atoms with van der Waals surface area (Å²) in [6.07, 6.45) is 0. The SMILES string of the molecule is Oc1cc(Cl)c(-c2c(Cl)c(Cl)cc(Cl)c2Cl)cc1Cl. The number of hydrogen-bond donors (Lipinski definition) is 1. The molecular weight excluding hydrogens is 373 g/mol. The molecule has 100 valence electrons. The summed E-state index contributed by atoms with van der Waals surface area (Å²) >= 11 is 36.1. The first kappa shape index (κ1) is 15.4. The van der Waals surface area contributed by atoms with Gasteiger partial charge in [-0.2, -0.15) is 0 Å². The van der Waals surface area contributed by atoms with Gasteiger partial charge in [0.25, 0.3) is 0 Å². The molecule has 7 heteroatoms. The van der Waals surface area contributed by atoms with Gasteiger partial charge in [-0.1, -0.05) is 69.6 Å². The van der Waals surface area contributed by atoms with Crippen molar-refractivity contribution in [2.24, 2.45) is 0 Å². The molecule has 19 heavy (non-hydrogen) atoms. The van der Waals surface area contributed by atoms with Crippen molar-refractivity contribution in [2.75, 3.05) is 0 Å². The molecule has 0 radical (unpaired) electrons. The van der Waals surface area contributed by atoms with Gasteiger partial charge in [0.2, 0.25) is 0 Å². The van der Waals surface area contributed by atoms with E-state index in [2.05, 4.69) is 0 Å². The molecule has 2 rings (SSSR count). The maximum absolute atomic E-state index is 9.48. The molecule has 0 saturated carbocycles. The summed E-state index contributed by atoms with van der Waals surface area (Å²) in [6, 6.07) is 4.17. The van der Waals surface area contributed by atoms with Crippen LogP contribution in [0, 0.1) is 0 Å². The average Bonchev–Trinajstić information content (AvgIpc) is 2.33. The van der Waals surface area contributed by atoms with Crippen molar-refractivity contribution in [3.05, 3.63) is 48.3 Å². The summed E-state index contributed by atoms with van der Waals surface area (Å²) in [5, 5.41) is 10.7. The molecule has 0 aliphatic rings. The standard InChI is InChI=1S/C12H4Cl6O/c13-5-3-9(19)6(14)1-4(5)10-11(17)7(15)2-8(16)12(10)18/h1-3,19H.